The number of benzene rings is 2. The molecule has 0 aliphatic rings. The average molecular weight is 203 g/mol. The van der Waals surface area contributed by atoms with E-state index in [-0.39, 0.29) is 6.61 Å². The number of hydrogen-bond donors (Lipinski definition) is 0. The number of hydrogen-bond acceptors (Lipinski definition) is 1. The van der Waals surface area contributed by atoms with Crippen molar-refractivity contribution in [2.24, 2.45) is 0 Å². The molecule has 0 saturated heterocycles. The predicted molar refractivity (Wildman–Crippen MR) is 59.9 cm³/mol. The molecule has 0 aromatic heterocycles. The van der Waals surface area contributed by atoms with Crippen LogP contribution in [-0.4, -0.2) is 13.3 Å². The van der Waals surface area contributed by atoms with E-state index in [1.54, 1.807) is 0 Å². The topological polar surface area (TPSA) is 9.23 Å². The number of ether oxygens (including phenoxy) is 1. The van der Waals surface area contributed by atoms with Gasteiger partial charge in [-0.1, -0.05) is 24.3 Å². The Bertz CT molecular complexity index is 465. The molecule has 77 valence electrons. The fourth-order valence-electron chi connectivity index (χ4n) is 1.52. The third-order valence-corrected chi connectivity index (χ3v) is 2.22. The van der Waals surface area contributed by atoms with Crippen molar-refractivity contribution in [3.05, 3.63) is 48.9 Å². The Labute approximate surface area is 88.5 Å². The average Bonchev–Trinajstić information content (AvgIpc) is 2.26. The lowest BCUT2D eigenvalue weighted by molar-refractivity contribution is 0.273. The number of rotatable bonds is 3. The van der Waals surface area contributed by atoms with Gasteiger partial charge in [-0.2, -0.15) is 0 Å². The van der Waals surface area contributed by atoms with E-state index in [0.717, 1.165) is 16.3 Å². The zero-order valence-corrected chi connectivity index (χ0v) is 8.37. The molecule has 0 amide bonds. The minimum Gasteiger partial charge on any atom is -0.491 e. The molecule has 15 heavy (non-hydrogen) atoms. The van der Waals surface area contributed by atoms with E-state index in [9.17, 15) is 4.39 Å². The predicted octanol–water partition coefficient (Wildman–Crippen LogP) is 3.37. The molecule has 0 atom stereocenters. The Morgan fingerprint density at radius 2 is 1.80 bits per heavy atom. The number of fused-ring (bicyclic) bond motifs is 1. The SMILES string of the molecule is [CH2]c1ccc2cc(OCCF)ccc2c1. The molecule has 0 aliphatic heterocycles. The summed E-state index contributed by atoms with van der Waals surface area (Å²) in [4.78, 5) is 0. The van der Waals surface area contributed by atoms with Crippen LogP contribution in [0.25, 0.3) is 10.8 Å². The fraction of sp³-hybridized carbons (Fsp3) is 0.154. The molecule has 0 heterocycles. The first-order chi connectivity index (χ1) is 7.29. The third kappa shape index (κ3) is 2.27. The zero-order chi connectivity index (χ0) is 10.7. The van der Waals surface area contributed by atoms with Crippen LogP contribution in [0.2, 0.25) is 0 Å². The lowest BCUT2D eigenvalue weighted by Crippen LogP contribution is -1.98. The Morgan fingerprint density at radius 1 is 1.07 bits per heavy atom. The monoisotopic (exact) mass is 203 g/mol. The van der Waals surface area contributed by atoms with Crippen LogP contribution in [0.5, 0.6) is 5.75 Å². The summed E-state index contributed by atoms with van der Waals surface area (Å²) in [5.41, 5.74) is 0.986. The molecular weight excluding hydrogens is 191 g/mol. The van der Waals surface area contributed by atoms with Gasteiger partial charge in [-0.25, -0.2) is 4.39 Å². The Kier molecular flexibility index (Phi) is 2.86. The molecule has 0 fully saturated rings. The molecular formula is C13H12FO. The van der Waals surface area contributed by atoms with Gasteiger partial charge in [0.1, 0.15) is 19.0 Å². The van der Waals surface area contributed by atoms with E-state index in [4.69, 9.17) is 4.74 Å². The highest BCUT2D eigenvalue weighted by Crippen LogP contribution is 2.21. The van der Waals surface area contributed by atoms with E-state index in [1.807, 2.05) is 36.4 Å². The largest absolute Gasteiger partial charge is 0.491 e. The van der Waals surface area contributed by atoms with Gasteiger partial charge in [0.15, 0.2) is 0 Å². The summed E-state index contributed by atoms with van der Waals surface area (Å²) in [6.45, 7) is 3.51. The van der Waals surface area contributed by atoms with Crippen LogP contribution in [0, 0.1) is 6.92 Å². The highest BCUT2D eigenvalue weighted by atomic mass is 19.1. The van der Waals surface area contributed by atoms with Crippen molar-refractivity contribution in [2.75, 3.05) is 13.3 Å². The molecule has 0 aliphatic carbocycles. The number of halogens is 1. The van der Waals surface area contributed by atoms with Crippen LogP contribution >= 0.6 is 0 Å². The standard InChI is InChI=1S/C13H12FO/c1-10-2-3-12-9-13(15-7-6-14)5-4-11(12)8-10/h2-5,8-9H,1,6-7H2. The van der Waals surface area contributed by atoms with Crippen LogP contribution in [-0.2, 0) is 0 Å². The first-order valence-corrected chi connectivity index (χ1v) is 4.84. The second kappa shape index (κ2) is 4.30. The third-order valence-electron chi connectivity index (χ3n) is 2.22. The van der Waals surface area contributed by atoms with Gasteiger partial charge in [0.25, 0.3) is 0 Å². The summed E-state index contributed by atoms with van der Waals surface area (Å²) in [5.74, 6) is 0.706. The van der Waals surface area contributed by atoms with Gasteiger partial charge in [0.05, 0.1) is 0 Å². The molecule has 1 radical (unpaired) electrons. The zero-order valence-electron chi connectivity index (χ0n) is 8.37. The highest BCUT2D eigenvalue weighted by molar-refractivity contribution is 5.84. The Balaban J connectivity index is 2.34. The maximum atomic E-state index is 11.9. The van der Waals surface area contributed by atoms with Crippen LogP contribution in [0.1, 0.15) is 5.56 Å². The Morgan fingerprint density at radius 3 is 2.60 bits per heavy atom. The minimum atomic E-state index is -0.462. The van der Waals surface area contributed by atoms with Crippen molar-refractivity contribution in [1.82, 2.24) is 0 Å². The molecule has 0 saturated carbocycles. The first-order valence-electron chi connectivity index (χ1n) is 4.84. The quantitative estimate of drug-likeness (QED) is 0.743. The second-order valence-corrected chi connectivity index (χ2v) is 3.38. The summed E-state index contributed by atoms with van der Waals surface area (Å²) in [6, 6.07) is 11.6. The van der Waals surface area contributed by atoms with Crippen LogP contribution in [0.3, 0.4) is 0 Å². The smallest absolute Gasteiger partial charge is 0.123 e. The van der Waals surface area contributed by atoms with Crippen molar-refractivity contribution < 1.29 is 9.13 Å². The van der Waals surface area contributed by atoms with Gasteiger partial charge >= 0.3 is 0 Å². The van der Waals surface area contributed by atoms with E-state index < -0.39 is 6.67 Å². The van der Waals surface area contributed by atoms with E-state index in [1.165, 1.54) is 0 Å². The van der Waals surface area contributed by atoms with Crippen molar-refractivity contribution in [2.45, 2.75) is 0 Å². The molecule has 0 spiro atoms. The molecule has 0 bridgehead atoms. The van der Waals surface area contributed by atoms with Gasteiger partial charge in [0.2, 0.25) is 0 Å². The van der Waals surface area contributed by atoms with Crippen molar-refractivity contribution >= 4 is 10.8 Å². The van der Waals surface area contributed by atoms with Crippen LogP contribution < -0.4 is 4.74 Å². The summed E-state index contributed by atoms with van der Waals surface area (Å²) < 4.78 is 17.1. The molecule has 2 heteroatoms. The van der Waals surface area contributed by atoms with E-state index in [2.05, 4.69) is 6.92 Å². The summed E-state index contributed by atoms with van der Waals surface area (Å²) >= 11 is 0. The summed E-state index contributed by atoms with van der Waals surface area (Å²) in [6.07, 6.45) is 0. The van der Waals surface area contributed by atoms with Gasteiger partial charge in [-0.3, -0.25) is 0 Å². The molecule has 2 aromatic rings. The van der Waals surface area contributed by atoms with Gasteiger partial charge < -0.3 is 4.74 Å². The lowest BCUT2D eigenvalue weighted by Gasteiger charge is -2.05. The minimum absolute atomic E-state index is 0.110. The van der Waals surface area contributed by atoms with Crippen molar-refractivity contribution in [3.8, 4) is 5.75 Å². The maximum absolute atomic E-state index is 11.9. The lowest BCUT2D eigenvalue weighted by atomic mass is 10.1. The van der Waals surface area contributed by atoms with E-state index >= 15 is 0 Å². The van der Waals surface area contributed by atoms with Gasteiger partial charge in [-0.05, 0) is 35.4 Å². The summed E-state index contributed by atoms with van der Waals surface area (Å²) in [7, 11) is 0. The van der Waals surface area contributed by atoms with E-state index in [0.29, 0.717) is 5.75 Å². The molecule has 0 N–H and O–H groups in total. The summed E-state index contributed by atoms with van der Waals surface area (Å²) in [5, 5.41) is 2.20. The highest BCUT2D eigenvalue weighted by Gasteiger charge is 1.97. The molecule has 2 rings (SSSR count). The van der Waals surface area contributed by atoms with Crippen LogP contribution in [0.4, 0.5) is 4.39 Å². The number of alkyl halides is 1. The van der Waals surface area contributed by atoms with Crippen molar-refractivity contribution in [1.29, 1.82) is 0 Å². The van der Waals surface area contributed by atoms with Crippen LogP contribution in [0.15, 0.2) is 36.4 Å². The normalized spacial score (nSPS) is 10.5. The fourth-order valence-corrected chi connectivity index (χ4v) is 1.52. The first kappa shape index (κ1) is 9.97. The molecule has 0 unspecified atom stereocenters. The van der Waals surface area contributed by atoms with Gasteiger partial charge in [-0.15, -0.1) is 0 Å². The van der Waals surface area contributed by atoms with Gasteiger partial charge in [0, 0.05) is 0 Å². The molecule has 2 aromatic carbocycles. The second-order valence-electron chi connectivity index (χ2n) is 3.38. The van der Waals surface area contributed by atoms with Crippen molar-refractivity contribution in [3.63, 3.8) is 0 Å². The maximum Gasteiger partial charge on any atom is 0.123 e. The Hall–Kier alpha value is -1.57. The molecule has 1 nitrogen and oxygen atoms in total.